The minimum absolute atomic E-state index is 0.0496. The molecule has 4 N–H and O–H groups in total. The van der Waals surface area contributed by atoms with Gasteiger partial charge in [0.25, 0.3) is 0 Å². The molecule has 0 aliphatic heterocycles. The number of nitrogens with two attached hydrogens (primary N) is 1. The molecule has 0 bridgehead atoms. The third-order valence-corrected chi connectivity index (χ3v) is 3.49. The van der Waals surface area contributed by atoms with Crippen molar-refractivity contribution in [3.8, 4) is 5.75 Å². The van der Waals surface area contributed by atoms with E-state index in [0.29, 0.717) is 17.9 Å². The van der Waals surface area contributed by atoms with Gasteiger partial charge in [-0.05, 0) is 18.6 Å². The lowest BCUT2D eigenvalue weighted by Gasteiger charge is -2.12. The van der Waals surface area contributed by atoms with Gasteiger partial charge in [-0.25, -0.2) is 8.42 Å². The van der Waals surface area contributed by atoms with E-state index in [1.807, 2.05) is 0 Å². The summed E-state index contributed by atoms with van der Waals surface area (Å²) in [7, 11) is -3.36. The highest BCUT2D eigenvalue weighted by atomic mass is 32.2. The Bertz CT molecular complexity index is 514. The van der Waals surface area contributed by atoms with Gasteiger partial charge in [-0.3, -0.25) is 10.1 Å². The number of benzene rings is 1. The van der Waals surface area contributed by atoms with E-state index in [1.54, 1.807) is 31.2 Å². The Morgan fingerprint density at radius 3 is 2.72 bits per heavy atom. The molecule has 0 aliphatic carbocycles. The fourth-order valence-electron chi connectivity index (χ4n) is 1.32. The predicted molar refractivity (Wildman–Crippen MR) is 71.6 cm³/mol. The van der Waals surface area contributed by atoms with Gasteiger partial charge in [0.1, 0.15) is 18.2 Å². The molecule has 0 aliphatic rings. The standard InChI is InChI=1S/C11H17N3O3S/c1-2-7-18(15,16)14-9-5-3-4-6-10(9)17-8-11(12)13/h3-6,14H,2,7-8H2,1H3,(H3,12,13). The fourth-order valence-corrected chi connectivity index (χ4v) is 2.46. The molecule has 0 spiro atoms. The molecular formula is C11H17N3O3S. The molecule has 0 saturated heterocycles. The fraction of sp³-hybridized carbons (Fsp3) is 0.364. The number of para-hydroxylation sites is 2. The molecule has 100 valence electrons. The lowest BCUT2D eigenvalue weighted by atomic mass is 10.3. The van der Waals surface area contributed by atoms with Crippen LogP contribution in [0.25, 0.3) is 0 Å². The molecule has 0 unspecified atom stereocenters. The summed E-state index contributed by atoms with van der Waals surface area (Å²) in [5.41, 5.74) is 5.54. The van der Waals surface area contributed by atoms with Crippen molar-refractivity contribution >= 4 is 21.5 Å². The van der Waals surface area contributed by atoms with Crippen molar-refractivity contribution in [1.29, 1.82) is 5.41 Å². The molecule has 0 aromatic heterocycles. The second-order valence-electron chi connectivity index (χ2n) is 3.73. The first-order valence-corrected chi connectivity index (χ1v) is 7.15. The smallest absolute Gasteiger partial charge is 0.232 e. The first-order valence-electron chi connectivity index (χ1n) is 5.50. The molecule has 1 aromatic carbocycles. The second-order valence-corrected chi connectivity index (χ2v) is 5.57. The van der Waals surface area contributed by atoms with Crippen LogP contribution < -0.4 is 15.2 Å². The van der Waals surface area contributed by atoms with Gasteiger partial charge < -0.3 is 10.5 Å². The molecule has 0 fully saturated rings. The van der Waals surface area contributed by atoms with Gasteiger partial charge >= 0.3 is 0 Å². The predicted octanol–water partition coefficient (Wildman–Crippen LogP) is 1.15. The molecule has 0 radical (unpaired) electrons. The summed E-state index contributed by atoms with van der Waals surface area (Å²) in [6.45, 7) is 1.71. The molecule has 0 atom stereocenters. The first kappa shape index (κ1) is 14.3. The Morgan fingerprint density at radius 2 is 2.11 bits per heavy atom. The summed E-state index contributed by atoms with van der Waals surface area (Å²) in [6, 6.07) is 6.63. The van der Waals surface area contributed by atoms with E-state index in [2.05, 4.69) is 4.72 Å². The van der Waals surface area contributed by atoms with Crippen LogP contribution in [0.3, 0.4) is 0 Å². The minimum atomic E-state index is -3.36. The number of amidine groups is 1. The average Bonchev–Trinajstić information content (AvgIpc) is 2.27. The zero-order valence-corrected chi connectivity index (χ0v) is 11.0. The average molecular weight is 271 g/mol. The molecule has 0 saturated carbocycles. The number of hydrogen-bond acceptors (Lipinski definition) is 4. The van der Waals surface area contributed by atoms with Crippen molar-refractivity contribution in [3.63, 3.8) is 0 Å². The van der Waals surface area contributed by atoms with Gasteiger partial charge in [-0.2, -0.15) is 0 Å². The third kappa shape index (κ3) is 4.62. The van der Waals surface area contributed by atoms with Crippen LogP contribution >= 0.6 is 0 Å². The molecule has 18 heavy (non-hydrogen) atoms. The van der Waals surface area contributed by atoms with Gasteiger partial charge in [-0.1, -0.05) is 19.1 Å². The molecule has 0 heterocycles. The van der Waals surface area contributed by atoms with Crippen molar-refractivity contribution in [2.24, 2.45) is 5.73 Å². The van der Waals surface area contributed by atoms with Crippen LogP contribution in [0.2, 0.25) is 0 Å². The van der Waals surface area contributed by atoms with Gasteiger partial charge in [0.15, 0.2) is 0 Å². The van der Waals surface area contributed by atoms with E-state index in [4.69, 9.17) is 15.9 Å². The SMILES string of the molecule is CCCS(=O)(=O)Nc1ccccc1OCC(=N)N. The molecule has 1 rings (SSSR count). The molecule has 0 amide bonds. The van der Waals surface area contributed by atoms with Crippen molar-refractivity contribution < 1.29 is 13.2 Å². The van der Waals surface area contributed by atoms with E-state index in [-0.39, 0.29) is 18.2 Å². The maximum Gasteiger partial charge on any atom is 0.232 e. The Hall–Kier alpha value is -1.76. The number of anilines is 1. The van der Waals surface area contributed by atoms with E-state index in [0.717, 1.165) is 0 Å². The number of rotatable bonds is 7. The lowest BCUT2D eigenvalue weighted by Crippen LogP contribution is -2.21. The van der Waals surface area contributed by atoms with E-state index in [9.17, 15) is 8.42 Å². The third-order valence-electron chi connectivity index (χ3n) is 2.01. The van der Waals surface area contributed by atoms with Crippen molar-refractivity contribution in [3.05, 3.63) is 24.3 Å². The van der Waals surface area contributed by atoms with E-state index >= 15 is 0 Å². The van der Waals surface area contributed by atoms with Crippen LogP contribution in [0.15, 0.2) is 24.3 Å². The molecule has 6 nitrogen and oxygen atoms in total. The maximum atomic E-state index is 11.7. The largest absolute Gasteiger partial charge is 0.484 e. The van der Waals surface area contributed by atoms with Crippen LogP contribution in [-0.4, -0.2) is 26.6 Å². The Balaban J connectivity index is 2.85. The van der Waals surface area contributed by atoms with Crippen LogP contribution in [-0.2, 0) is 10.0 Å². The summed E-state index contributed by atoms with van der Waals surface area (Å²) in [6.07, 6.45) is 0.534. The van der Waals surface area contributed by atoms with Crippen molar-refractivity contribution in [2.45, 2.75) is 13.3 Å². The Labute approximate surface area is 107 Å². The maximum absolute atomic E-state index is 11.7. The summed E-state index contributed by atoms with van der Waals surface area (Å²) in [5, 5.41) is 7.07. The van der Waals surface area contributed by atoms with Gasteiger partial charge in [0.2, 0.25) is 10.0 Å². The summed E-state index contributed by atoms with van der Waals surface area (Å²) in [5.74, 6) is 0.280. The van der Waals surface area contributed by atoms with Crippen LogP contribution in [0.1, 0.15) is 13.3 Å². The highest BCUT2D eigenvalue weighted by molar-refractivity contribution is 7.92. The Kier molecular flexibility index (Phi) is 4.96. The zero-order valence-electron chi connectivity index (χ0n) is 10.1. The number of sulfonamides is 1. The quantitative estimate of drug-likeness (QED) is 0.511. The van der Waals surface area contributed by atoms with Gasteiger partial charge in [0.05, 0.1) is 11.4 Å². The summed E-state index contributed by atoms with van der Waals surface area (Å²) < 4.78 is 31.0. The topological polar surface area (TPSA) is 105 Å². The number of hydrogen-bond donors (Lipinski definition) is 3. The number of ether oxygens (including phenoxy) is 1. The van der Waals surface area contributed by atoms with Crippen LogP contribution in [0, 0.1) is 5.41 Å². The molecule has 1 aromatic rings. The van der Waals surface area contributed by atoms with E-state index in [1.165, 1.54) is 0 Å². The lowest BCUT2D eigenvalue weighted by molar-refractivity contribution is 0.376. The van der Waals surface area contributed by atoms with Crippen LogP contribution in [0.5, 0.6) is 5.75 Å². The van der Waals surface area contributed by atoms with E-state index < -0.39 is 10.0 Å². The summed E-state index contributed by atoms with van der Waals surface area (Å²) >= 11 is 0. The molecule has 7 heteroatoms. The van der Waals surface area contributed by atoms with Gasteiger partial charge in [0, 0.05) is 0 Å². The summed E-state index contributed by atoms with van der Waals surface area (Å²) in [4.78, 5) is 0. The monoisotopic (exact) mass is 271 g/mol. The van der Waals surface area contributed by atoms with Crippen molar-refractivity contribution in [2.75, 3.05) is 17.1 Å². The first-order chi connectivity index (χ1) is 8.44. The minimum Gasteiger partial charge on any atom is -0.484 e. The number of nitrogens with one attached hydrogen (secondary N) is 2. The van der Waals surface area contributed by atoms with Gasteiger partial charge in [-0.15, -0.1) is 0 Å². The highest BCUT2D eigenvalue weighted by Gasteiger charge is 2.12. The highest BCUT2D eigenvalue weighted by Crippen LogP contribution is 2.24. The Morgan fingerprint density at radius 1 is 1.44 bits per heavy atom. The van der Waals surface area contributed by atoms with Crippen LogP contribution in [0.4, 0.5) is 5.69 Å². The zero-order chi connectivity index (χ0) is 13.6. The second kappa shape index (κ2) is 6.25. The molecular weight excluding hydrogens is 254 g/mol. The normalized spacial score (nSPS) is 10.9. The van der Waals surface area contributed by atoms with Crippen molar-refractivity contribution in [1.82, 2.24) is 0 Å².